The maximum Gasteiger partial charge on any atom is 0.243 e. The van der Waals surface area contributed by atoms with Crippen molar-refractivity contribution < 1.29 is 17.9 Å². The highest BCUT2D eigenvalue weighted by atomic mass is 32.2. The van der Waals surface area contributed by atoms with Gasteiger partial charge < -0.3 is 4.74 Å². The lowest BCUT2D eigenvalue weighted by molar-refractivity contribution is -0.130. The van der Waals surface area contributed by atoms with E-state index < -0.39 is 15.4 Å². The molecule has 1 aromatic rings. The van der Waals surface area contributed by atoms with Gasteiger partial charge in [-0.3, -0.25) is 4.79 Å². The van der Waals surface area contributed by atoms with E-state index in [-0.39, 0.29) is 18.3 Å². The molecule has 0 saturated carbocycles. The SMILES string of the molecule is COCC(=O)[C@@H]1CCC(C)=C2CN(S(=O)(=O)c3ccc(C)cc3)C[C@]21C. The van der Waals surface area contributed by atoms with E-state index >= 15 is 0 Å². The number of benzene rings is 1. The number of allylic oxidation sites excluding steroid dienone is 1. The van der Waals surface area contributed by atoms with E-state index in [1.165, 1.54) is 17.0 Å². The zero-order valence-electron chi connectivity index (χ0n) is 15.9. The maximum absolute atomic E-state index is 13.1. The standard InChI is InChI=1S/C20H27NO4S/c1-14-5-8-16(9-6-14)26(23,24)21-11-18-15(2)7-10-17(19(22)12-25-4)20(18,3)13-21/h5-6,8-9,17H,7,10-13H2,1-4H3/t17-,20-/m0/s1. The Labute approximate surface area is 156 Å². The Bertz CT molecular complexity index is 841. The maximum atomic E-state index is 13.1. The second kappa shape index (κ2) is 6.91. The van der Waals surface area contributed by atoms with Crippen molar-refractivity contribution in [2.24, 2.45) is 11.3 Å². The molecule has 0 unspecified atom stereocenters. The average Bonchev–Trinajstić information content (AvgIpc) is 2.95. The molecule has 2 atom stereocenters. The topological polar surface area (TPSA) is 63.7 Å². The van der Waals surface area contributed by atoms with Gasteiger partial charge >= 0.3 is 0 Å². The second-order valence-electron chi connectivity index (χ2n) is 7.75. The number of Topliss-reactive ketones (excluding diaryl/α,β-unsaturated/α-hetero) is 1. The van der Waals surface area contributed by atoms with E-state index in [1.807, 2.05) is 26.0 Å². The monoisotopic (exact) mass is 377 g/mol. The molecule has 2 aliphatic rings. The van der Waals surface area contributed by atoms with Crippen molar-refractivity contribution in [2.75, 3.05) is 26.8 Å². The number of hydrogen-bond acceptors (Lipinski definition) is 4. The number of methoxy groups -OCH3 is 1. The molecule has 0 amide bonds. The second-order valence-corrected chi connectivity index (χ2v) is 9.69. The molecule has 6 heteroatoms. The first kappa shape index (κ1) is 19.3. The van der Waals surface area contributed by atoms with E-state index in [0.29, 0.717) is 18.0 Å². The molecule has 1 aliphatic carbocycles. The number of rotatable bonds is 5. The first-order chi connectivity index (χ1) is 12.2. The Kier molecular flexibility index (Phi) is 5.12. The predicted octanol–water partition coefficient (Wildman–Crippen LogP) is 2.95. The van der Waals surface area contributed by atoms with E-state index in [9.17, 15) is 13.2 Å². The van der Waals surface area contributed by atoms with E-state index in [2.05, 4.69) is 6.92 Å². The van der Waals surface area contributed by atoms with Crippen LogP contribution in [0, 0.1) is 18.3 Å². The van der Waals surface area contributed by atoms with Crippen LogP contribution in [0.3, 0.4) is 0 Å². The van der Waals surface area contributed by atoms with Crippen molar-refractivity contribution >= 4 is 15.8 Å². The van der Waals surface area contributed by atoms with Gasteiger partial charge in [-0.1, -0.05) is 30.2 Å². The highest BCUT2D eigenvalue weighted by molar-refractivity contribution is 7.89. The van der Waals surface area contributed by atoms with Gasteiger partial charge in [0.2, 0.25) is 10.0 Å². The van der Waals surface area contributed by atoms with Gasteiger partial charge in [-0.25, -0.2) is 8.42 Å². The van der Waals surface area contributed by atoms with Gasteiger partial charge in [0.1, 0.15) is 6.61 Å². The zero-order valence-corrected chi connectivity index (χ0v) is 16.7. The molecule has 1 heterocycles. The Morgan fingerprint density at radius 2 is 1.92 bits per heavy atom. The summed E-state index contributed by atoms with van der Waals surface area (Å²) in [7, 11) is -2.06. The molecular weight excluding hydrogens is 350 g/mol. The largest absolute Gasteiger partial charge is 0.377 e. The molecule has 1 aromatic carbocycles. The van der Waals surface area contributed by atoms with Gasteiger partial charge in [0.05, 0.1) is 4.90 Å². The van der Waals surface area contributed by atoms with Gasteiger partial charge in [0.25, 0.3) is 0 Å². The third-order valence-electron chi connectivity index (χ3n) is 5.95. The number of sulfonamides is 1. The van der Waals surface area contributed by atoms with Crippen molar-refractivity contribution in [3.05, 3.63) is 41.0 Å². The summed E-state index contributed by atoms with van der Waals surface area (Å²) in [6.07, 6.45) is 1.59. The number of ketones is 1. The van der Waals surface area contributed by atoms with Crippen LogP contribution < -0.4 is 0 Å². The molecule has 5 nitrogen and oxygen atoms in total. The summed E-state index contributed by atoms with van der Waals surface area (Å²) < 4.78 is 32.9. The lowest BCUT2D eigenvalue weighted by atomic mass is 9.64. The van der Waals surface area contributed by atoms with Gasteiger partial charge in [0, 0.05) is 31.5 Å². The van der Waals surface area contributed by atoms with Crippen LogP contribution in [0.4, 0.5) is 0 Å². The summed E-state index contributed by atoms with van der Waals surface area (Å²) in [6, 6.07) is 6.94. The minimum absolute atomic E-state index is 0.0644. The number of carbonyl (C=O) groups excluding carboxylic acids is 1. The lowest BCUT2D eigenvalue weighted by Crippen LogP contribution is -2.41. The van der Waals surface area contributed by atoms with Crippen LogP contribution in [-0.2, 0) is 19.6 Å². The normalized spacial score (nSPS) is 26.8. The molecule has 142 valence electrons. The summed E-state index contributed by atoms with van der Waals surface area (Å²) in [6.45, 7) is 6.82. The third kappa shape index (κ3) is 3.15. The molecule has 1 saturated heterocycles. The van der Waals surface area contributed by atoms with E-state index in [0.717, 1.165) is 24.0 Å². The summed E-state index contributed by atoms with van der Waals surface area (Å²) in [5.74, 6) is -0.131. The van der Waals surface area contributed by atoms with Crippen LogP contribution in [0.15, 0.2) is 40.3 Å². The number of aryl methyl sites for hydroxylation is 1. The summed E-state index contributed by atoms with van der Waals surface area (Å²) in [4.78, 5) is 12.9. The highest BCUT2D eigenvalue weighted by Crippen LogP contribution is 2.50. The molecule has 1 aliphatic heterocycles. The lowest BCUT2D eigenvalue weighted by Gasteiger charge is -2.39. The van der Waals surface area contributed by atoms with Crippen molar-refractivity contribution in [3.63, 3.8) is 0 Å². The first-order valence-corrected chi connectivity index (χ1v) is 10.4. The molecule has 0 radical (unpaired) electrons. The molecule has 0 N–H and O–H groups in total. The van der Waals surface area contributed by atoms with Crippen LogP contribution in [0.5, 0.6) is 0 Å². The summed E-state index contributed by atoms with van der Waals surface area (Å²) >= 11 is 0. The number of nitrogens with zero attached hydrogens (tertiary/aromatic N) is 1. The Morgan fingerprint density at radius 1 is 1.27 bits per heavy atom. The van der Waals surface area contributed by atoms with Crippen molar-refractivity contribution in [1.29, 1.82) is 0 Å². The number of carbonyl (C=O) groups is 1. The van der Waals surface area contributed by atoms with E-state index in [1.54, 1.807) is 12.1 Å². The fourth-order valence-corrected chi connectivity index (χ4v) is 5.95. The van der Waals surface area contributed by atoms with Crippen LogP contribution >= 0.6 is 0 Å². The Balaban J connectivity index is 1.96. The van der Waals surface area contributed by atoms with Crippen molar-refractivity contribution in [3.8, 4) is 0 Å². The number of ether oxygens (including phenoxy) is 1. The predicted molar refractivity (Wildman–Crippen MR) is 100 cm³/mol. The number of fused-ring (bicyclic) bond motifs is 1. The van der Waals surface area contributed by atoms with Crippen LogP contribution in [0.2, 0.25) is 0 Å². The minimum Gasteiger partial charge on any atom is -0.377 e. The smallest absolute Gasteiger partial charge is 0.243 e. The first-order valence-electron chi connectivity index (χ1n) is 8.97. The highest BCUT2D eigenvalue weighted by Gasteiger charge is 2.52. The minimum atomic E-state index is -3.58. The number of hydrogen-bond donors (Lipinski definition) is 0. The molecule has 0 bridgehead atoms. The van der Waals surface area contributed by atoms with Gasteiger partial charge in [-0.05, 0) is 44.4 Å². The fourth-order valence-electron chi connectivity index (χ4n) is 4.44. The molecular formula is C20H27NO4S. The summed E-state index contributed by atoms with van der Waals surface area (Å²) in [5, 5.41) is 0. The quantitative estimate of drug-likeness (QED) is 0.740. The summed E-state index contributed by atoms with van der Waals surface area (Å²) in [5.41, 5.74) is 2.90. The van der Waals surface area contributed by atoms with Gasteiger partial charge in [-0.2, -0.15) is 4.31 Å². The fraction of sp³-hybridized carbons (Fsp3) is 0.550. The molecule has 0 spiro atoms. The molecule has 3 rings (SSSR count). The van der Waals surface area contributed by atoms with Crippen LogP contribution in [-0.4, -0.2) is 45.3 Å². The Hall–Kier alpha value is -1.50. The van der Waals surface area contributed by atoms with Crippen LogP contribution in [0.25, 0.3) is 0 Å². The van der Waals surface area contributed by atoms with Gasteiger partial charge in [0.15, 0.2) is 5.78 Å². The van der Waals surface area contributed by atoms with E-state index in [4.69, 9.17) is 4.74 Å². The van der Waals surface area contributed by atoms with Crippen LogP contribution in [0.1, 0.15) is 32.3 Å². The van der Waals surface area contributed by atoms with Crippen molar-refractivity contribution in [2.45, 2.75) is 38.5 Å². The molecule has 1 fully saturated rings. The third-order valence-corrected chi connectivity index (χ3v) is 7.76. The zero-order chi connectivity index (χ0) is 19.1. The van der Waals surface area contributed by atoms with Crippen molar-refractivity contribution in [1.82, 2.24) is 4.31 Å². The van der Waals surface area contributed by atoms with Gasteiger partial charge in [-0.15, -0.1) is 0 Å². The molecule has 26 heavy (non-hydrogen) atoms. The average molecular weight is 378 g/mol. The Morgan fingerprint density at radius 3 is 2.54 bits per heavy atom. The molecule has 0 aromatic heterocycles.